The number of para-hydroxylation sites is 1. The van der Waals surface area contributed by atoms with Gasteiger partial charge in [0.2, 0.25) is 0 Å². The van der Waals surface area contributed by atoms with Crippen LogP contribution in [0.3, 0.4) is 0 Å². The highest BCUT2D eigenvalue weighted by molar-refractivity contribution is 6.01. The monoisotopic (exact) mass is 335 g/mol. The number of ether oxygens (including phenoxy) is 1. The van der Waals surface area contributed by atoms with Crippen LogP contribution >= 0.6 is 0 Å². The second-order valence-electron chi connectivity index (χ2n) is 5.97. The van der Waals surface area contributed by atoms with Crippen LogP contribution in [0.15, 0.2) is 53.6 Å². The third-order valence-corrected chi connectivity index (χ3v) is 4.19. The Morgan fingerprint density at radius 3 is 2.80 bits per heavy atom. The van der Waals surface area contributed by atoms with Gasteiger partial charge >= 0.3 is 0 Å². The van der Waals surface area contributed by atoms with E-state index in [1.165, 1.54) is 0 Å². The van der Waals surface area contributed by atoms with Crippen LogP contribution < -0.4 is 10.2 Å². The summed E-state index contributed by atoms with van der Waals surface area (Å²) in [4.78, 5) is 11.9. The number of hydrogen-bond acceptors (Lipinski definition) is 3. The van der Waals surface area contributed by atoms with Crippen molar-refractivity contribution in [3.05, 3.63) is 65.4 Å². The maximum Gasteiger partial charge on any atom is 0.277 e. The van der Waals surface area contributed by atoms with Gasteiger partial charge in [0.05, 0.1) is 6.21 Å². The first-order valence-corrected chi connectivity index (χ1v) is 8.11. The van der Waals surface area contributed by atoms with E-state index in [0.29, 0.717) is 5.75 Å². The molecule has 0 bridgehead atoms. The standard InChI is InChI=1S/C20H21N3O2/c1-14-7-6-8-16(11-14)25-13-20(24)22-21-12-18-15(2)23(3)19-10-5-4-9-17(18)19/h4-12H,13H2,1-3H3,(H,22,24). The van der Waals surface area contributed by atoms with E-state index in [1.54, 1.807) is 6.21 Å². The summed E-state index contributed by atoms with van der Waals surface area (Å²) in [6, 6.07) is 15.7. The highest BCUT2D eigenvalue weighted by Crippen LogP contribution is 2.22. The molecule has 1 heterocycles. The number of hydrogen-bond donors (Lipinski definition) is 1. The molecule has 0 aliphatic carbocycles. The number of carbonyl (C=O) groups is 1. The van der Waals surface area contributed by atoms with Crippen molar-refractivity contribution < 1.29 is 9.53 Å². The summed E-state index contributed by atoms with van der Waals surface area (Å²) in [5.74, 6) is 0.375. The smallest absolute Gasteiger partial charge is 0.277 e. The minimum Gasteiger partial charge on any atom is -0.484 e. The van der Waals surface area contributed by atoms with E-state index in [2.05, 4.69) is 21.2 Å². The van der Waals surface area contributed by atoms with Gasteiger partial charge in [0, 0.05) is 29.2 Å². The molecule has 3 aromatic rings. The van der Waals surface area contributed by atoms with Crippen molar-refractivity contribution in [2.24, 2.45) is 12.1 Å². The molecule has 1 aromatic heterocycles. The normalized spacial score (nSPS) is 11.2. The number of aromatic nitrogens is 1. The fraction of sp³-hybridized carbons (Fsp3) is 0.200. The van der Waals surface area contributed by atoms with Gasteiger partial charge in [0.1, 0.15) is 5.75 Å². The first kappa shape index (κ1) is 16.8. The van der Waals surface area contributed by atoms with Crippen LogP contribution in [0.25, 0.3) is 10.9 Å². The number of benzene rings is 2. The van der Waals surface area contributed by atoms with Gasteiger partial charge in [-0.1, -0.05) is 30.3 Å². The van der Waals surface area contributed by atoms with E-state index in [4.69, 9.17) is 4.74 Å². The maximum atomic E-state index is 11.9. The van der Waals surface area contributed by atoms with E-state index in [0.717, 1.165) is 27.7 Å². The Hall–Kier alpha value is -3.08. The van der Waals surface area contributed by atoms with Crippen LogP contribution in [-0.4, -0.2) is 23.3 Å². The molecule has 0 saturated heterocycles. The fourth-order valence-electron chi connectivity index (χ4n) is 2.77. The lowest BCUT2D eigenvalue weighted by Crippen LogP contribution is -2.24. The van der Waals surface area contributed by atoms with Gasteiger partial charge in [-0.2, -0.15) is 5.10 Å². The zero-order valence-corrected chi connectivity index (χ0v) is 14.6. The quantitative estimate of drug-likeness (QED) is 0.574. The lowest BCUT2D eigenvalue weighted by atomic mass is 10.1. The van der Waals surface area contributed by atoms with Crippen LogP contribution in [0.1, 0.15) is 16.8 Å². The van der Waals surface area contributed by atoms with Gasteiger partial charge < -0.3 is 9.30 Å². The molecule has 0 saturated carbocycles. The summed E-state index contributed by atoms with van der Waals surface area (Å²) < 4.78 is 7.57. The number of fused-ring (bicyclic) bond motifs is 1. The summed E-state index contributed by atoms with van der Waals surface area (Å²) in [5.41, 5.74) is 6.82. The highest BCUT2D eigenvalue weighted by atomic mass is 16.5. The molecule has 0 radical (unpaired) electrons. The van der Waals surface area contributed by atoms with Crippen LogP contribution in [0.2, 0.25) is 0 Å². The first-order valence-electron chi connectivity index (χ1n) is 8.11. The topological polar surface area (TPSA) is 55.6 Å². The number of amides is 1. The molecule has 0 fully saturated rings. The Kier molecular flexibility index (Phi) is 4.84. The molecule has 2 aromatic carbocycles. The minimum atomic E-state index is -0.296. The second-order valence-corrected chi connectivity index (χ2v) is 5.97. The zero-order chi connectivity index (χ0) is 17.8. The minimum absolute atomic E-state index is 0.0741. The van der Waals surface area contributed by atoms with Gasteiger partial charge in [-0.3, -0.25) is 4.79 Å². The Balaban J connectivity index is 1.63. The lowest BCUT2D eigenvalue weighted by Gasteiger charge is -2.05. The average molecular weight is 335 g/mol. The molecule has 128 valence electrons. The molecule has 0 spiro atoms. The molecule has 0 unspecified atom stereocenters. The molecule has 5 nitrogen and oxygen atoms in total. The molecule has 0 aliphatic heterocycles. The van der Waals surface area contributed by atoms with E-state index in [1.807, 2.05) is 63.4 Å². The molecule has 25 heavy (non-hydrogen) atoms. The van der Waals surface area contributed by atoms with Gasteiger partial charge in [0.15, 0.2) is 6.61 Å². The Labute approximate surface area is 146 Å². The van der Waals surface area contributed by atoms with E-state index in [-0.39, 0.29) is 12.5 Å². The van der Waals surface area contributed by atoms with Gasteiger partial charge in [-0.15, -0.1) is 0 Å². The van der Waals surface area contributed by atoms with Crippen molar-refractivity contribution in [2.75, 3.05) is 6.61 Å². The molecular formula is C20H21N3O2. The number of hydrazone groups is 1. The van der Waals surface area contributed by atoms with Gasteiger partial charge in [-0.05, 0) is 37.6 Å². The Bertz CT molecular complexity index is 941. The SMILES string of the molecule is Cc1cccc(OCC(=O)NN=Cc2c(C)n(C)c3ccccc23)c1. The second kappa shape index (κ2) is 7.21. The third kappa shape index (κ3) is 3.71. The Morgan fingerprint density at radius 1 is 1.20 bits per heavy atom. The van der Waals surface area contributed by atoms with Crippen LogP contribution in [-0.2, 0) is 11.8 Å². The van der Waals surface area contributed by atoms with Crippen LogP contribution in [0.4, 0.5) is 0 Å². The summed E-state index contributed by atoms with van der Waals surface area (Å²) in [5, 5.41) is 5.19. The van der Waals surface area contributed by atoms with Crippen molar-refractivity contribution in [1.29, 1.82) is 0 Å². The highest BCUT2D eigenvalue weighted by Gasteiger charge is 2.09. The molecule has 3 rings (SSSR count). The molecule has 1 N–H and O–H groups in total. The number of nitrogens with one attached hydrogen (secondary N) is 1. The summed E-state index contributed by atoms with van der Waals surface area (Å²) in [7, 11) is 2.02. The third-order valence-electron chi connectivity index (χ3n) is 4.19. The molecular weight excluding hydrogens is 314 g/mol. The number of rotatable bonds is 5. The largest absolute Gasteiger partial charge is 0.484 e. The first-order chi connectivity index (χ1) is 12.1. The van der Waals surface area contributed by atoms with Crippen LogP contribution in [0, 0.1) is 13.8 Å². The van der Waals surface area contributed by atoms with Gasteiger partial charge in [-0.25, -0.2) is 5.43 Å². The van der Waals surface area contributed by atoms with Crippen molar-refractivity contribution in [2.45, 2.75) is 13.8 Å². The Morgan fingerprint density at radius 2 is 2.00 bits per heavy atom. The van der Waals surface area contributed by atoms with Crippen LogP contribution in [0.5, 0.6) is 5.75 Å². The van der Waals surface area contributed by atoms with Crippen molar-refractivity contribution in [3.63, 3.8) is 0 Å². The molecule has 1 amide bonds. The zero-order valence-electron chi connectivity index (χ0n) is 14.6. The van der Waals surface area contributed by atoms with E-state index in [9.17, 15) is 4.79 Å². The number of aryl methyl sites for hydroxylation is 2. The number of nitrogens with zero attached hydrogens (tertiary/aromatic N) is 2. The predicted molar refractivity (Wildman–Crippen MR) is 100 cm³/mol. The predicted octanol–water partition coefficient (Wildman–Crippen LogP) is 3.32. The fourth-order valence-corrected chi connectivity index (χ4v) is 2.77. The summed E-state index contributed by atoms with van der Waals surface area (Å²) in [6.07, 6.45) is 1.68. The molecule has 0 atom stereocenters. The molecule has 0 aliphatic rings. The van der Waals surface area contributed by atoms with Crippen molar-refractivity contribution >= 4 is 23.0 Å². The van der Waals surface area contributed by atoms with Crippen molar-refractivity contribution in [1.82, 2.24) is 9.99 Å². The summed E-state index contributed by atoms with van der Waals surface area (Å²) in [6.45, 7) is 3.93. The summed E-state index contributed by atoms with van der Waals surface area (Å²) >= 11 is 0. The van der Waals surface area contributed by atoms with Crippen molar-refractivity contribution in [3.8, 4) is 5.75 Å². The molecule has 5 heteroatoms. The maximum absolute atomic E-state index is 11.9. The van der Waals surface area contributed by atoms with Gasteiger partial charge in [0.25, 0.3) is 5.91 Å². The lowest BCUT2D eigenvalue weighted by molar-refractivity contribution is -0.123. The number of carbonyl (C=O) groups excluding carboxylic acids is 1. The van der Waals surface area contributed by atoms with E-state index >= 15 is 0 Å². The average Bonchev–Trinajstić information content (AvgIpc) is 2.85. The van der Waals surface area contributed by atoms with E-state index < -0.39 is 0 Å².